The number of fused-ring (bicyclic) bond motifs is 4. The van der Waals surface area contributed by atoms with Crippen LogP contribution in [0.2, 0.25) is 0 Å². The maximum atomic E-state index is 4.72. The van der Waals surface area contributed by atoms with Gasteiger partial charge in [-0.25, -0.2) is 0 Å². The van der Waals surface area contributed by atoms with Crippen molar-refractivity contribution in [2.45, 2.75) is 0 Å². The van der Waals surface area contributed by atoms with Gasteiger partial charge in [0.2, 0.25) is 0 Å². The van der Waals surface area contributed by atoms with E-state index in [4.69, 9.17) is 4.98 Å². The summed E-state index contributed by atoms with van der Waals surface area (Å²) in [6, 6.07) is 21.1. The van der Waals surface area contributed by atoms with E-state index in [1.807, 2.05) is 41.9 Å². The number of pyridine rings is 2. The maximum Gasteiger partial charge on any atom is 0.113 e. The fraction of sp³-hybridized carbons (Fsp3) is 0. The highest BCUT2D eigenvalue weighted by atomic mass is 32.1. The van der Waals surface area contributed by atoms with Crippen LogP contribution >= 0.6 is 22.7 Å². The Morgan fingerprint density at radius 3 is 2.59 bits per heavy atom. The monoisotopic (exact) mass is 383 g/mol. The molecule has 0 fully saturated rings. The molecule has 1 aromatic carbocycles. The summed E-state index contributed by atoms with van der Waals surface area (Å²) in [6.07, 6.45) is 3.71. The number of hydrogen-bond acceptors (Lipinski definition) is 4. The van der Waals surface area contributed by atoms with Gasteiger partial charge < -0.3 is 0 Å². The molecule has 5 heteroatoms. The number of thiophene rings is 2. The molecule has 0 amide bonds. The smallest absolute Gasteiger partial charge is 0.113 e. The number of rotatable bonds is 2. The first-order chi connectivity index (χ1) is 13.4. The molecule has 0 aliphatic rings. The average Bonchev–Trinajstić information content (AvgIpc) is 3.39. The van der Waals surface area contributed by atoms with E-state index in [2.05, 4.69) is 57.4 Å². The Balaban J connectivity index is 1.80. The van der Waals surface area contributed by atoms with Gasteiger partial charge in [0.05, 0.1) is 16.7 Å². The van der Waals surface area contributed by atoms with E-state index in [-0.39, 0.29) is 0 Å². The van der Waals surface area contributed by atoms with E-state index in [9.17, 15) is 0 Å². The zero-order valence-electron chi connectivity index (χ0n) is 14.2. The van der Waals surface area contributed by atoms with Gasteiger partial charge in [0.25, 0.3) is 0 Å². The minimum atomic E-state index is 0.894. The Kier molecular flexibility index (Phi) is 3.21. The predicted octanol–water partition coefficient (Wildman–Crippen LogP) is 6.52. The first-order valence-corrected chi connectivity index (χ1v) is 10.4. The molecule has 5 aromatic heterocycles. The first-order valence-electron chi connectivity index (χ1n) is 8.67. The summed E-state index contributed by atoms with van der Waals surface area (Å²) in [7, 11) is 0. The lowest BCUT2D eigenvalue weighted by atomic mass is 10.1. The van der Waals surface area contributed by atoms with E-state index in [1.54, 1.807) is 11.3 Å². The molecule has 0 spiro atoms. The van der Waals surface area contributed by atoms with Crippen molar-refractivity contribution in [1.29, 1.82) is 0 Å². The SMILES string of the molecule is c1ccc(-c2nccc3c4ccccc4n(-c4cc5sccc5s4)c23)nc1. The zero-order valence-corrected chi connectivity index (χ0v) is 15.8. The van der Waals surface area contributed by atoms with Gasteiger partial charge in [-0.3, -0.25) is 14.5 Å². The van der Waals surface area contributed by atoms with Crippen molar-refractivity contribution >= 4 is 53.9 Å². The Morgan fingerprint density at radius 1 is 0.778 bits per heavy atom. The second kappa shape index (κ2) is 5.74. The van der Waals surface area contributed by atoms with Gasteiger partial charge in [0.15, 0.2) is 0 Å². The Labute approximate surface area is 163 Å². The van der Waals surface area contributed by atoms with E-state index < -0.39 is 0 Å². The van der Waals surface area contributed by atoms with E-state index in [1.165, 1.54) is 30.7 Å². The molecule has 6 rings (SSSR count). The van der Waals surface area contributed by atoms with Gasteiger partial charge in [0, 0.05) is 32.6 Å². The summed E-state index contributed by atoms with van der Waals surface area (Å²) in [6.45, 7) is 0. The van der Waals surface area contributed by atoms with Gasteiger partial charge in [-0.1, -0.05) is 24.3 Å². The molecular formula is C22H13N3S2. The van der Waals surface area contributed by atoms with Crippen molar-refractivity contribution in [3.63, 3.8) is 0 Å². The molecule has 0 aliphatic carbocycles. The summed E-state index contributed by atoms with van der Waals surface area (Å²) in [5.41, 5.74) is 4.13. The van der Waals surface area contributed by atoms with Crippen LogP contribution in [0.4, 0.5) is 0 Å². The predicted molar refractivity (Wildman–Crippen MR) is 115 cm³/mol. The van der Waals surface area contributed by atoms with E-state index in [0.29, 0.717) is 0 Å². The topological polar surface area (TPSA) is 30.7 Å². The molecule has 0 atom stereocenters. The van der Waals surface area contributed by atoms with Crippen molar-refractivity contribution < 1.29 is 0 Å². The molecule has 5 heterocycles. The van der Waals surface area contributed by atoms with Crippen LogP contribution in [-0.2, 0) is 0 Å². The highest BCUT2D eigenvalue weighted by molar-refractivity contribution is 7.28. The molecule has 6 aromatic rings. The molecule has 128 valence electrons. The highest BCUT2D eigenvalue weighted by Crippen LogP contribution is 2.40. The van der Waals surface area contributed by atoms with Crippen LogP contribution in [0.15, 0.2) is 78.4 Å². The molecule has 27 heavy (non-hydrogen) atoms. The first kappa shape index (κ1) is 15.1. The van der Waals surface area contributed by atoms with Crippen molar-refractivity contribution in [2.75, 3.05) is 0 Å². The maximum absolute atomic E-state index is 4.72. The molecule has 0 aliphatic heterocycles. The van der Waals surface area contributed by atoms with Gasteiger partial charge in [-0.05, 0) is 41.8 Å². The Hall–Kier alpha value is -3.02. The van der Waals surface area contributed by atoms with Crippen molar-refractivity contribution in [1.82, 2.24) is 14.5 Å². The lowest BCUT2D eigenvalue weighted by Crippen LogP contribution is -1.95. The van der Waals surface area contributed by atoms with Crippen molar-refractivity contribution in [2.24, 2.45) is 0 Å². The third-order valence-corrected chi connectivity index (χ3v) is 6.92. The van der Waals surface area contributed by atoms with Crippen LogP contribution in [0.25, 0.3) is 47.6 Å². The van der Waals surface area contributed by atoms with Crippen LogP contribution in [0.5, 0.6) is 0 Å². The fourth-order valence-corrected chi connectivity index (χ4v) is 5.82. The molecule has 0 saturated heterocycles. The summed E-state index contributed by atoms with van der Waals surface area (Å²) in [5.74, 6) is 0. The molecule has 0 bridgehead atoms. The number of para-hydroxylation sites is 1. The summed E-state index contributed by atoms with van der Waals surface area (Å²) >= 11 is 3.61. The average molecular weight is 384 g/mol. The second-order valence-corrected chi connectivity index (χ2v) is 8.37. The summed E-state index contributed by atoms with van der Waals surface area (Å²) in [4.78, 5) is 9.29. The second-order valence-electron chi connectivity index (χ2n) is 6.36. The Morgan fingerprint density at radius 2 is 1.70 bits per heavy atom. The quantitative estimate of drug-likeness (QED) is 0.341. The van der Waals surface area contributed by atoms with Crippen molar-refractivity contribution in [3.8, 4) is 16.4 Å². The lowest BCUT2D eigenvalue weighted by Gasteiger charge is -2.08. The minimum Gasteiger partial charge on any atom is -0.298 e. The lowest BCUT2D eigenvalue weighted by molar-refractivity contribution is 1.19. The highest BCUT2D eigenvalue weighted by Gasteiger charge is 2.19. The molecule has 0 unspecified atom stereocenters. The number of aromatic nitrogens is 3. The number of hydrogen-bond donors (Lipinski definition) is 0. The third-order valence-electron chi connectivity index (χ3n) is 4.84. The van der Waals surface area contributed by atoms with Crippen LogP contribution in [0.1, 0.15) is 0 Å². The summed E-state index contributed by atoms with van der Waals surface area (Å²) < 4.78 is 4.99. The molecule has 0 N–H and O–H groups in total. The van der Waals surface area contributed by atoms with Crippen LogP contribution < -0.4 is 0 Å². The van der Waals surface area contributed by atoms with Gasteiger partial charge in [0.1, 0.15) is 10.7 Å². The van der Waals surface area contributed by atoms with Crippen molar-refractivity contribution in [3.05, 3.63) is 78.4 Å². The minimum absolute atomic E-state index is 0.894. The number of nitrogens with zero attached hydrogens (tertiary/aromatic N) is 3. The largest absolute Gasteiger partial charge is 0.298 e. The standard InChI is InChI=1S/C22H13N3S2/c1-2-7-17-14(5-1)15-8-11-24-21(16-6-3-4-10-23-16)22(15)25(17)20-13-19-18(27-20)9-12-26-19/h1-13H. The molecule has 3 nitrogen and oxygen atoms in total. The zero-order chi connectivity index (χ0) is 17.8. The van der Waals surface area contributed by atoms with E-state index in [0.717, 1.165) is 16.9 Å². The molecule has 0 radical (unpaired) electrons. The van der Waals surface area contributed by atoms with Gasteiger partial charge in [-0.2, -0.15) is 0 Å². The molecular weight excluding hydrogens is 370 g/mol. The normalized spacial score (nSPS) is 11.7. The van der Waals surface area contributed by atoms with E-state index >= 15 is 0 Å². The van der Waals surface area contributed by atoms with Gasteiger partial charge >= 0.3 is 0 Å². The van der Waals surface area contributed by atoms with Crippen LogP contribution in [-0.4, -0.2) is 14.5 Å². The van der Waals surface area contributed by atoms with Crippen LogP contribution in [0, 0.1) is 0 Å². The molecule has 0 saturated carbocycles. The Bertz CT molecular complexity index is 1400. The summed E-state index contributed by atoms with van der Waals surface area (Å²) in [5, 5.41) is 5.81. The van der Waals surface area contributed by atoms with Crippen LogP contribution in [0.3, 0.4) is 0 Å². The third kappa shape index (κ3) is 2.19. The fourth-order valence-electron chi connectivity index (χ4n) is 3.70. The van der Waals surface area contributed by atoms with Gasteiger partial charge in [-0.15, -0.1) is 22.7 Å². The number of benzene rings is 1.